The quantitative estimate of drug-likeness (QED) is 0.111. The fourth-order valence-corrected chi connectivity index (χ4v) is 6.27. The first-order valence-corrected chi connectivity index (χ1v) is 16.2. The van der Waals surface area contributed by atoms with Crippen molar-refractivity contribution in [2.45, 2.75) is 59.3 Å². The van der Waals surface area contributed by atoms with Gasteiger partial charge < -0.3 is 9.30 Å². The molecule has 5 nitrogen and oxygen atoms in total. The summed E-state index contributed by atoms with van der Waals surface area (Å²) in [4.78, 5) is 4.71. The molecule has 238 valence electrons. The number of fused-ring (bicyclic) bond motifs is 3. The Labute approximate surface area is 290 Å². The third kappa shape index (κ3) is 6.05. The summed E-state index contributed by atoms with van der Waals surface area (Å²) in [5.41, 5.74) is 8.79. The molecule has 0 bridgehead atoms. The number of nitrogens with zero attached hydrogens (tertiary/aromatic N) is 4. The van der Waals surface area contributed by atoms with Crippen molar-refractivity contribution in [3.05, 3.63) is 132 Å². The topological polar surface area (TPSA) is 44.9 Å². The van der Waals surface area contributed by atoms with Gasteiger partial charge in [-0.2, -0.15) is 17.2 Å². The van der Waals surface area contributed by atoms with E-state index in [2.05, 4.69) is 129 Å². The van der Waals surface area contributed by atoms with E-state index in [1.165, 1.54) is 16.8 Å². The van der Waals surface area contributed by atoms with Crippen LogP contribution in [-0.2, 0) is 20.4 Å². The van der Waals surface area contributed by atoms with Gasteiger partial charge in [0.2, 0.25) is 0 Å². The third-order valence-corrected chi connectivity index (χ3v) is 9.06. The van der Waals surface area contributed by atoms with E-state index in [1.807, 2.05) is 30.5 Å². The third-order valence-electron chi connectivity index (χ3n) is 9.06. The summed E-state index contributed by atoms with van der Waals surface area (Å²) in [5.74, 6) is 2.70. The smallest absolute Gasteiger partial charge is 0.509 e. The zero-order valence-corrected chi connectivity index (χ0v) is 29.0. The molecule has 0 amide bonds. The molecule has 0 aliphatic heterocycles. The van der Waals surface area contributed by atoms with Crippen molar-refractivity contribution >= 4 is 21.8 Å². The van der Waals surface area contributed by atoms with Gasteiger partial charge in [-0.1, -0.05) is 81.7 Å². The predicted molar refractivity (Wildman–Crippen MR) is 187 cm³/mol. The number of pyridine rings is 1. The predicted octanol–water partition coefficient (Wildman–Crippen LogP) is 10.8. The van der Waals surface area contributed by atoms with Gasteiger partial charge in [0.1, 0.15) is 5.82 Å². The summed E-state index contributed by atoms with van der Waals surface area (Å²) in [5, 5.41) is 7.53. The fraction of sp³-hybridized carbons (Fsp3) is 0.220. The molecule has 0 aliphatic carbocycles. The Hall–Kier alpha value is -4.50. The second-order valence-corrected chi connectivity index (χ2v) is 12.2. The normalized spacial score (nSPS) is 12.6. The molecule has 3 heterocycles. The van der Waals surface area contributed by atoms with E-state index in [0.29, 0.717) is 23.3 Å². The summed E-state index contributed by atoms with van der Waals surface area (Å²) < 4.78 is 10.7. The van der Waals surface area contributed by atoms with Crippen molar-refractivity contribution < 1.29 is 25.2 Å². The van der Waals surface area contributed by atoms with Crippen LogP contribution >= 0.6 is 0 Å². The monoisotopic (exact) mass is 708 g/mol. The Morgan fingerprint density at radius 2 is 1.51 bits per heavy atom. The van der Waals surface area contributed by atoms with Gasteiger partial charge in [-0.3, -0.25) is 4.68 Å². The van der Waals surface area contributed by atoms with Gasteiger partial charge >= 0.3 is 20.4 Å². The van der Waals surface area contributed by atoms with Crippen LogP contribution < -0.4 is 4.74 Å². The number of ether oxygens (including phenoxy) is 1. The van der Waals surface area contributed by atoms with Gasteiger partial charge in [0, 0.05) is 34.7 Å². The van der Waals surface area contributed by atoms with Crippen molar-refractivity contribution in [3.63, 3.8) is 0 Å². The minimum Gasteiger partial charge on any atom is -0.509 e. The van der Waals surface area contributed by atoms with Crippen molar-refractivity contribution in [2.24, 2.45) is 0 Å². The Balaban J connectivity index is 0.00000386. The minimum atomic E-state index is 0. The van der Waals surface area contributed by atoms with Gasteiger partial charge in [-0.25, -0.2) is 4.98 Å². The van der Waals surface area contributed by atoms with Crippen molar-refractivity contribution in [3.8, 4) is 34.1 Å². The Morgan fingerprint density at radius 3 is 2.28 bits per heavy atom. The first-order valence-electron chi connectivity index (χ1n) is 16.2. The molecule has 0 saturated carbocycles. The second-order valence-electron chi connectivity index (χ2n) is 12.2. The van der Waals surface area contributed by atoms with Crippen molar-refractivity contribution in [2.75, 3.05) is 0 Å². The fourth-order valence-electron chi connectivity index (χ4n) is 6.27. The van der Waals surface area contributed by atoms with Crippen LogP contribution in [-0.4, -0.2) is 19.3 Å². The van der Waals surface area contributed by atoms with Gasteiger partial charge in [-0.15, -0.1) is 35.7 Å². The Morgan fingerprint density at radius 1 is 0.766 bits per heavy atom. The first kappa shape index (κ1) is 32.4. The van der Waals surface area contributed by atoms with Gasteiger partial charge in [0.15, 0.2) is 0 Å². The second kappa shape index (κ2) is 13.7. The van der Waals surface area contributed by atoms with Crippen LogP contribution in [0.3, 0.4) is 0 Å². The molecule has 7 rings (SSSR count). The molecule has 2 atom stereocenters. The molecule has 4 aromatic carbocycles. The number of aryl methyl sites for hydroxylation is 1. The molecule has 7 aromatic rings. The molecule has 0 radical (unpaired) electrons. The minimum absolute atomic E-state index is 0. The van der Waals surface area contributed by atoms with Crippen LogP contribution in [0.25, 0.3) is 44.4 Å². The number of hydrogen-bond acceptors (Lipinski definition) is 3. The number of rotatable bonds is 9. The zero-order chi connectivity index (χ0) is 31.8. The summed E-state index contributed by atoms with van der Waals surface area (Å²) in [6.45, 7) is 11.1. The molecule has 0 fully saturated rings. The van der Waals surface area contributed by atoms with Crippen molar-refractivity contribution in [1.82, 2.24) is 19.3 Å². The number of para-hydroxylation sites is 1. The van der Waals surface area contributed by atoms with E-state index < -0.39 is 0 Å². The molecule has 0 aliphatic rings. The van der Waals surface area contributed by atoms with Crippen LogP contribution in [0.15, 0.2) is 103 Å². The largest absolute Gasteiger partial charge is 2.00 e. The molecule has 6 heteroatoms. The van der Waals surface area contributed by atoms with E-state index in [1.54, 1.807) is 0 Å². The van der Waals surface area contributed by atoms with Crippen LogP contribution in [0.1, 0.15) is 69.3 Å². The molecule has 0 saturated heterocycles. The maximum absolute atomic E-state index is 6.49. The standard InChI is InChI=1S/C41H38N4O.Pd/c1-6-28(4)40-39(30-14-9-8-10-15-30)41(29(5)7-2)45(43-40)31-16-13-17-32(25-31)46-33-20-21-35-34-18-11-12-19-36(34)44(37(35)26-33)38-24-27(3)22-23-42-38;/h8-24,28-29H,6-7H2,1-5H3;/q-2;+2. The molecular formula is C41H38N4OPd. The number of aromatic nitrogens is 4. The summed E-state index contributed by atoms with van der Waals surface area (Å²) in [7, 11) is 0. The average molecular weight is 709 g/mol. The van der Waals surface area contributed by atoms with Crippen molar-refractivity contribution in [1.29, 1.82) is 0 Å². The molecule has 3 aromatic heterocycles. The number of hydrogen-bond donors (Lipinski definition) is 0. The van der Waals surface area contributed by atoms with E-state index >= 15 is 0 Å². The maximum atomic E-state index is 6.49. The van der Waals surface area contributed by atoms with E-state index in [9.17, 15) is 0 Å². The Kier molecular flexibility index (Phi) is 9.45. The molecular weight excluding hydrogens is 671 g/mol. The van der Waals surface area contributed by atoms with E-state index in [-0.39, 0.29) is 20.4 Å². The summed E-state index contributed by atoms with van der Waals surface area (Å²) in [6.07, 6.45) is 3.86. The van der Waals surface area contributed by atoms with E-state index in [0.717, 1.165) is 57.4 Å². The van der Waals surface area contributed by atoms with Gasteiger partial charge in [0.25, 0.3) is 0 Å². The zero-order valence-electron chi connectivity index (χ0n) is 27.4. The van der Waals surface area contributed by atoms with Gasteiger partial charge in [-0.05, 0) is 66.1 Å². The summed E-state index contributed by atoms with van der Waals surface area (Å²) >= 11 is 0. The van der Waals surface area contributed by atoms with Crippen LogP contribution in [0, 0.1) is 19.1 Å². The van der Waals surface area contributed by atoms with Crippen LogP contribution in [0.5, 0.6) is 11.5 Å². The molecule has 0 spiro atoms. The van der Waals surface area contributed by atoms with Crippen LogP contribution in [0.4, 0.5) is 0 Å². The molecule has 0 N–H and O–H groups in total. The molecule has 2 unspecified atom stereocenters. The summed E-state index contributed by atoms with van der Waals surface area (Å²) in [6, 6.07) is 40.4. The SMILES string of the molecule is CCC(C)c1nn(-c2[c-]c(Oc3[c-]c4c(cc3)c3ccccc3n4-c3cc(C)ccn3)ccc2)c(C(C)CC)c1-c1ccccc1.[Pd+2]. The number of benzene rings is 4. The first-order chi connectivity index (χ1) is 22.5. The Bertz CT molecular complexity index is 2160. The average Bonchev–Trinajstić information content (AvgIpc) is 3.65. The van der Waals surface area contributed by atoms with Gasteiger partial charge in [0.05, 0.1) is 11.4 Å². The van der Waals surface area contributed by atoms with Crippen LogP contribution in [0.2, 0.25) is 0 Å². The van der Waals surface area contributed by atoms with E-state index in [4.69, 9.17) is 14.8 Å². The molecule has 47 heavy (non-hydrogen) atoms. The maximum Gasteiger partial charge on any atom is 2.00 e.